The van der Waals surface area contributed by atoms with Crippen molar-refractivity contribution in [1.29, 1.82) is 0 Å². The number of rotatable bonds is 9. The molecule has 2 aromatic rings. The minimum absolute atomic E-state index is 0.00203. The highest BCUT2D eigenvalue weighted by Gasteiger charge is 2.07. The fraction of sp³-hybridized carbons (Fsp3) is 0.294. The molecule has 27 heavy (non-hydrogen) atoms. The zero-order chi connectivity index (χ0) is 19.9. The number of nitro benzene ring substituents is 1. The van der Waals surface area contributed by atoms with Gasteiger partial charge in [-0.25, -0.2) is 0 Å². The Morgan fingerprint density at radius 3 is 2.00 bits per heavy atom. The molecule has 2 rings (SSSR count). The zero-order valence-corrected chi connectivity index (χ0v) is 15.8. The van der Waals surface area contributed by atoms with Crippen LogP contribution in [0.4, 0.5) is 22.7 Å². The molecule has 0 bridgehead atoms. The number of likely N-dealkylation sites (N-methyl/N-ethyl adjacent to an activating group) is 1. The molecule has 0 heterocycles. The van der Waals surface area contributed by atoms with E-state index in [1.165, 1.54) is 24.3 Å². The molecule has 0 unspecified atom stereocenters. The van der Waals surface area contributed by atoms with Crippen LogP contribution in [0, 0.1) is 10.1 Å². The van der Waals surface area contributed by atoms with Crippen LogP contribution in [0.25, 0.3) is 0 Å². The van der Waals surface area contributed by atoms with Crippen molar-refractivity contribution in [2.45, 2.75) is 6.92 Å². The van der Waals surface area contributed by atoms with Crippen LogP contribution in [0.2, 0.25) is 0 Å². The van der Waals surface area contributed by atoms with Crippen molar-refractivity contribution in [3.63, 3.8) is 0 Å². The van der Waals surface area contributed by atoms with E-state index in [1.807, 2.05) is 24.0 Å². The summed E-state index contributed by atoms with van der Waals surface area (Å²) < 4.78 is 26.8. The quantitative estimate of drug-likeness (QED) is 0.277. The van der Waals surface area contributed by atoms with E-state index >= 15 is 0 Å². The maximum absolute atomic E-state index is 11.0. The summed E-state index contributed by atoms with van der Waals surface area (Å²) in [7, 11) is -3.45. The Kier molecular flexibility index (Phi) is 6.97. The molecule has 2 aromatic carbocycles. The van der Waals surface area contributed by atoms with Gasteiger partial charge in [-0.2, -0.15) is 18.6 Å². The van der Waals surface area contributed by atoms with Crippen LogP contribution in [0.5, 0.6) is 0 Å². The van der Waals surface area contributed by atoms with Crippen LogP contribution in [-0.2, 0) is 14.3 Å². The van der Waals surface area contributed by atoms with Crippen LogP contribution in [-0.4, -0.2) is 39.3 Å². The standard InChI is InChI=1S/C17H20N4O5S/c1-3-20(12-13-26-27(2,24)25)16-8-4-14(5-9-16)18-19-15-6-10-17(11-7-15)21(22)23/h4-11H,3,12-13H2,1-2H3/b19-18+. The van der Waals surface area contributed by atoms with Gasteiger partial charge in [-0.3, -0.25) is 14.3 Å². The molecule has 0 aromatic heterocycles. The SMILES string of the molecule is CCN(CCOS(C)(=O)=O)c1ccc(/N=N/c2ccc([N+](=O)[O-])cc2)cc1. The second-order valence-corrected chi connectivity index (χ2v) is 7.24. The van der Waals surface area contributed by atoms with Gasteiger partial charge in [0.15, 0.2) is 0 Å². The molecule has 10 heteroatoms. The fourth-order valence-electron chi connectivity index (χ4n) is 2.26. The number of hydrogen-bond acceptors (Lipinski definition) is 8. The first-order valence-corrected chi connectivity index (χ1v) is 9.96. The Hall–Kier alpha value is -2.85. The number of nitro groups is 1. The van der Waals surface area contributed by atoms with E-state index in [1.54, 1.807) is 12.1 Å². The minimum Gasteiger partial charge on any atom is -0.369 e. The lowest BCUT2D eigenvalue weighted by Crippen LogP contribution is -2.27. The van der Waals surface area contributed by atoms with Gasteiger partial charge in [0.1, 0.15) is 0 Å². The minimum atomic E-state index is -3.45. The first kappa shape index (κ1) is 20.5. The molecule has 0 aliphatic rings. The van der Waals surface area contributed by atoms with E-state index in [0.717, 1.165) is 11.9 Å². The monoisotopic (exact) mass is 392 g/mol. The largest absolute Gasteiger partial charge is 0.369 e. The maximum atomic E-state index is 11.0. The molecular formula is C17H20N4O5S. The number of anilines is 1. The van der Waals surface area contributed by atoms with Gasteiger partial charge >= 0.3 is 0 Å². The van der Waals surface area contributed by atoms with Gasteiger partial charge in [-0.05, 0) is 43.3 Å². The first-order valence-electron chi connectivity index (χ1n) is 8.14. The smallest absolute Gasteiger partial charge is 0.269 e. The molecule has 0 aliphatic heterocycles. The van der Waals surface area contributed by atoms with Crippen LogP contribution >= 0.6 is 0 Å². The molecule has 9 nitrogen and oxygen atoms in total. The molecule has 0 aliphatic carbocycles. The topological polar surface area (TPSA) is 114 Å². The predicted octanol–water partition coefficient (Wildman–Crippen LogP) is 3.81. The molecule has 0 atom stereocenters. The van der Waals surface area contributed by atoms with Crippen LogP contribution in [0.3, 0.4) is 0 Å². The number of benzene rings is 2. The highest BCUT2D eigenvalue weighted by Crippen LogP contribution is 2.23. The summed E-state index contributed by atoms with van der Waals surface area (Å²) in [6.45, 7) is 3.17. The van der Waals surface area contributed by atoms with Gasteiger partial charge in [-0.15, -0.1) is 0 Å². The van der Waals surface area contributed by atoms with Crippen molar-refractivity contribution >= 4 is 32.9 Å². The number of non-ortho nitro benzene ring substituents is 1. The van der Waals surface area contributed by atoms with Gasteiger partial charge in [0.2, 0.25) is 0 Å². The van der Waals surface area contributed by atoms with Gasteiger partial charge in [0.05, 0.1) is 29.2 Å². The summed E-state index contributed by atoms with van der Waals surface area (Å²) >= 11 is 0. The third-order valence-electron chi connectivity index (χ3n) is 3.60. The van der Waals surface area contributed by atoms with Crippen LogP contribution in [0.1, 0.15) is 6.92 Å². The molecule has 0 saturated carbocycles. The van der Waals surface area contributed by atoms with Gasteiger partial charge in [-0.1, -0.05) is 0 Å². The van der Waals surface area contributed by atoms with Crippen molar-refractivity contribution in [3.05, 3.63) is 58.6 Å². The van der Waals surface area contributed by atoms with Gasteiger partial charge < -0.3 is 4.90 Å². The maximum Gasteiger partial charge on any atom is 0.269 e. The number of nitrogens with zero attached hydrogens (tertiary/aromatic N) is 4. The molecule has 0 spiro atoms. The van der Waals surface area contributed by atoms with Crippen molar-refractivity contribution in [3.8, 4) is 0 Å². The van der Waals surface area contributed by atoms with Crippen LogP contribution in [0.15, 0.2) is 58.8 Å². The Morgan fingerprint density at radius 2 is 1.56 bits per heavy atom. The summed E-state index contributed by atoms with van der Waals surface area (Å²) in [5, 5.41) is 18.8. The predicted molar refractivity (Wildman–Crippen MR) is 102 cm³/mol. The second kappa shape index (κ2) is 9.19. The van der Waals surface area contributed by atoms with E-state index in [9.17, 15) is 18.5 Å². The molecule has 0 saturated heterocycles. The van der Waals surface area contributed by atoms with Crippen molar-refractivity contribution < 1.29 is 17.5 Å². The lowest BCUT2D eigenvalue weighted by Gasteiger charge is -2.22. The molecule has 0 fully saturated rings. The Labute approximate surface area is 157 Å². The van der Waals surface area contributed by atoms with Gasteiger partial charge in [0.25, 0.3) is 15.8 Å². The summed E-state index contributed by atoms with van der Waals surface area (Å²) in [6.07, 6.45) is 1.02. The molecule has 0 radical (unpaired) electrons. The zero-order valence-electron chi connectivity index (χ0n) is 15.0. The van der Waals surface area contributed by atoms with E-state index < -0.39 is 15.0 Å². The summed E-state index contributed by atoms with van der Waals surface area (Å²) in [4.78, 5) is 12.1. The van der Waals surface area contributed by atoms with Crippen molar-refractivity contribution in [2.24, 2.45) is 10.2 Å². The van der Waals surface area contributed by atoms with Crippen molar-refractivity contribution in [2.75, 3.05) is 30.9 Å². The van der Waals surface area contributed by atoms with E-state index in [0.29, 0.717) is 24.5 Å². The van der Waals surface area contributed by atoms with E-state index in [2.05, 4.69) is 10.2 Å². The lowest BCUT2D eigenvalue weighted by molar-refractivity contribution is -0.384. The van der Waals surface area contributed by atoms with E-state index in [-0.39, 0.29) is 12.3 Å². The average Bonchev–Trinajstić information content (AvgIpc) is 2.63. The average molecular weight is 392 g/mol. The Balaban J connectivity index is 1.99. The summed E-state index contributed by atoms with van der Waals surface area (Å²) in [5.74, 6) is 0. The summed E-state index contributed by atoms with van der Waals surface area (Å²) in [6, 6.07) is 13.1. The van der Waals surface area contributed by atoms with Gasteiger partial charge in [0, 0.05) is 30.9 Å². The highest BCUT2D eigenvalue weighted by atomic mass is 32.2. The first-order chi connectivity index (χ1) is 12.8. The normalized spacial score (nSPS) is 11.6. The van der Waals surface area contributed by atoms with E-state index in [4.69, 9.17) is 4.18 Å². The second-order valence-electron chi connectivity index (χ2n) is 5.60. The molecule has 0 N–H and O–H groups in total. The third kappa shape index (κ3) is 6.76. The third-order valence-corrected chi connectivity index (χ3v) is 4.19. The molecule has 144 valence electrons. The highest BCUT2D eigenvalue weighted by molar-refractivity contribution is 7.85. The lowest BCUT2D eigenvalue weighted by atomic mass is 10.2. The summed E-state index contributed by atoms with van der Waals surface area (Å²) in [5.41, 5.74) is 2.04. The Bertz CT molecular complexity index is 896. The molecule has 0 amide bonds. The number of azo groups is 1. The molecular weight excluding hydrogens is 372 g/mol. The Morgan fingerprint density at radius 1 is 1.04 bits per heavy atom. The van der Waals surface area contributed by atoms with Crippen LogP contribution < -0.4 is 4.90 Å². The number of hydrogen-bond donors (Lipinski definition) is 0. The van der Waals surface area contributed by atoms with Crippen molar-refractivity contribution in [1.82, 2.24) is 0 Å². The fourth-order valence-corrected chi connectivity index (χ4v) is 2.63.